The molecule has 2 heterocycles. The summed E-state index contributed by atoms with van der Waals surface area (Å²) >= 11 is 0. The minimum atomic E-state index is -0.284. The number of H-pyrrole nitrogens is 1. The molecule has 1 aliphatic heterocycles. The standard InChI is InChI=1S/C15H16FN3O2/c1-10-8-19(15(20)13-6-7-17-18-13)9-14(21-10)11-2-4-12(16)5-3-11/h2-7,10,14H,8-9H2,1H3,(H,17,18). The van der Waals surface area contributed by atoms with Crippen molar-refractivity contribution >= 4 is 5.91 Å². The van der Waals surface area contributed by atoms with Gasteiger partial charge >= 0.3 is 0 Å². The van der Waals surface area contributed by atoms with Gasteiger partial charge < -0.3 is 9.64 Å². The molecule has 0 radical (unpaired) electrons. The van der Waals surface area contributed by atoms with Crippen molar-refractivity contribution in [2.24, 2.45) is 0 Å². The molecule has 0 bridgehead atoms. The summed E-state index contributed by atoms with van der Waals surface area (Å²) in [6.07, 6.45) is 1.22. The lowest BCUT2D eigenvalue weighted by Crippen LogP contribution is -2.46. The van der Waals surface area contributed by atoms with E-state index in [0.717, 1.165) is 5.56 Å². The molecule has 1 amide bonds. The molecule has 0 spiro atoms. The van der Waals surface area contributed by atoms with Gasteiger partial charge in [-0.05, 0) is 30.7 Å². The van der Waals surface area contributed by atoms with Crippen LogP contribution in [0.15, 0.2) is 36.5 Å². The predicted octanol–water partition coefficient (Wildman–Crippen LogP) is 2.15. The van der Waals surface area contributed by atoms with Gasteiger partial charge in [-0.2, -0.15) is 5.10 Å². The van der Waals surface area contributed by atoms with E-state index in [1.165, 1.54) is 12.1 Å². The molecule has 1 saturated heterocycles. The fourth-order valence-corrected chi connectivity index (χ4v) is 2.52. The molecule has 21 heavy (non-hydrogen) atoms. The molecular formula is C15H16FN3O2. The topological polar surface area (TPSA) is 58.2 Å². The maximum absolute atomic E-state index is 13.0. The molecule has 0 aliphatic carbocycles. The highest BCUT2D eigenvalue weighted by Gasteiger charge is 2.30. The summed E-state index contributed by atoms with van der Waals surface area (Å²) in [6, 6.07) is 7.83. The molecule has 110 valence electrons. The molecule has 2 atom stereocenters. The van der Waals surface area contributed by atoms with E-state index in [1.807, 2.05) is 6.92 Å². The molecule has 1 aliphatic rings. The lowest BCUT2D eigenvalue weighted by molar-refractivity contribution is -0.0693. The van der Waals surface area contributed by atoms with Crippen molar-refractivity contribution in [3.63, 3.8) is 0 Å². The number of hydrogen-bond acceptors (Lipinski definition) is 3. The van der Waals surface area contributed by atoms with Gasteiger partial charge in [0.2, 0.25) is 0 Å². The molecule has 2 aromatic rings. The average Bonchev–Trinajstić information content (AvgIpc) is 3.00. The normalized spacial score (nSPS) is 22.3. The summed E-state index contributed by atoms with van der Waals surface area (Å²) in [5.74, 6) is -0.386. The highest BCUT2D eigenvalue weighted by atomic mass is 19.1. The van der Waals surface area contributed by atoms with Gasteiger partial charge in [0.25, 0.3) is 5.91 Å². The Hall–Kier alpha value is -2.21. The van der Waals surface area contributed by atoms with Gasteiger partial charge in [-0.1, -0.05) is 12.1 Å². The van der Waals surface area contributed by atoms with Gasteiger partial charge in [0.15, 0.2) is 0 Å². The molecule has 5 nitrogen and oxygen atoms in total. The molecule has 1 aromatic carbocycles. The highest BCUT2D eigenvalue weighted by Crippen LogP contribution is 2.26. The quantitative estimate of drug-likeness (QED) is 0.921. The number of morpholine rings is 1. The molecular weight excluding hydrogens is 273 g/mol. The Morgan fingerprint density at radius 1 is 1.33 bits per heavy atom. The Kier molecular flexibility index (Phi) is 3.70. The SMILES string of the molecule is CC1CN(C(=O)c2ccn[nH]2)CC(c2ccc(F)cc2)O1. The van der Waals surface area contributed by atoms with Crippen molar-refractivity contribution in [2.45, 2.75) is 19.1 Å². The third-order valence-corrected chi connectivity index (χ3v) is 3.52. The number of hydrogen-bond donors (Lipinski definition) is 1. The van der Waals surface area contributed by atoms with Gasteiger partial charge in [-0.3, -0.25) is 9.89 Å². The molecule has 1 N–H and O–H groups in total. The third kappa shape index (κ3) is 2.95. The first-order valence-electron chi connectivity index (χ1n) is 6.83. The van der Waals surface area contributed by atoms with Gasteiger partial charge in [0.1, 0.15) is 17.6 Å². The maximum Gasteiger partial charge on any atom is 0.272 e. The van der Waals surface area contributed by atoms with E-state index in [2.05, 4.69) is 10.2 Å². The van der Waals surface area contributed by atoms with Crippen LogP contribution in [0.1, 0.15) is 29.1 Å². The van der Waals surface area contributed by atoms with Crippen molar-refractivity contribution in [2.75, 3.05) is 13.1 Å². The van der Waals surface area contributed by atoms with Crippen molar-refractivity contribution in [3.05, 3.63) is 53.6 Å². The highest BCUT2D eigenvalue weighted by molar-refractivity contribution is 5.92. The Morgan fingerprint density at radius 2 is 2.10 bits per heavy atom. The number of carbonyl (C=O) groups is 1. The summed E-state index contributed by atoms with van der Waals surface area (Å²) in [5.41, 5.74) is 1.33. The number of benzene rings is 1. The van der Waals surface area contributed by atoms with Crippen LogP contribution < -0.4 is 0 Å². The number of carbonyl (C=O) groups excluding carboxylic acids is 1. The van der Waals surface area contributed by atoms with Crippen LogP contribution in [0.3, 0.4) is 0 Å². The fourth-order valence-electron chi connectivity index (χ4n) is 2.52. The molecule has 3 rings (SSSR count). The number of amides is 1. The number of nitrogens with one attached hydrogen (secondary N) is 1. The first-order chi connectivity index (χ1) is 10.1. The van der Waals surface area contributed by atoms with Crippen LogP contribution in [-0.2, 0) is 4.74 Å². The number of aromatic amines is 1. The van der Waals surface area contributed by atoms with E-state index >= 15 is 0 Å². The molecule has 1 aromatic heterocycles. The second-order valence-corrected chi connectivity index (χ2v) is 5.17. The van der Waals surface area contributed by atoms with E-state index in [-0.39, 0.29) is 23.9 Å². The third-order valence-electron chi connectivity index (χ3n) is 3.52. The molecule has 1 fully saturated rings. The number of nitrogens with zero attached hydrogens (tertiary/aromatic N) is 2. The minimum absolute atomic E-state index is 0.0827. The van der Waals surface area contributed by atoms with Gasteiger partial charge in [-0.15, -0.1) is 0 Å². The zero-order chi connectivity index (χ0) is 14.8. The number of rotatable bonds is 2. The van der Waals surface area contributed by atoms with E-state index in [1.54, 1.807) is 29.3 Å². The zero-order valence-electron chi connectivity index (χ0n) is 11.6. The lowest BCUT2D eigenvalue weighted by atomic mass is 10.1. The van der Waals surface area contributed by atoms with Gasteiger partial charge in [0.05, 0.1) is 12.6 Å². The van der Waals surface area contributed by atoms with Crippen molar-refractivity contribution in [1.82, 2.24) is 15.1 Å². The smallest absolute Gasteiger partial charge is 0.272 e. The number of halogens is 1. The van der Waals surface area contributed by atoms with Crippen LogP contribution in [0.5, 0.6) is 0 Å². The van der Waals surface area contributed by atoms with E-state index < -0.39 is 0 Å². The second kappa shape index (κ2) is 5.65. The molecule has 2 unspecified atom stereocenters. The summed E-state index contributed by atoms with van der Waals surface area (Å²) in [4.78, 5) is 14.1. The Balaban J connectivity index is 1.78. The van der Waals surface area contributed by atoms with E-state index in [4.69, 9.17) is 4.74 Å². The first kappa shape index (κ1) is 13.8. The zero-order valence-corrected chi connectivity index (χ0v) is 11.6. The summed E-state index contributed by atoms with van der Waals surface area (Å²) in [7, 11) is 0. The maximum atomic E-state index is 13.0. The minimum Gasteiger partial charge on any atom is -0.367 e. The number of aromatic nitrogens is 2. The van der Waals surface area contributed by atoms with Crippen LogP contribution in [0.25, 0.3) is 0 Å². The van der Waals surface area contributed by atoms with E-state index in [0.29, 0.717) is 18.8 Å². The number of ether oxygens (including phenoxy) is 1. The first-order valence-corrected chi connectivity index (χ1v) is 6.83. The van der Waals surface area contributed by atoms with Gasteiger partial charge in [-0.25, -0.2) is 4.39 Å². The predicted molar refractivity (Wildman–Crippen MR) is 74.2 cm³/mol. The fraction of sp³-hybridized carbons (Fsp3) is 0.333. The largest absolute Gasteiger partial charge is 0.367 e. The van der Waals surface area contributed by atoms with Crippen molar-refractivity contribution < 1.29 is 13.9 Å². The molecule has 0 saturated carbocycles. The van der Waals surface area contributed by atoms with Crippen LogP contribution in [0.2, 0.25) is 0 Å². The summed E-state index contributed by atoms with van der Waals surface area (Å²) in [5, 5.41) is 6.48. The summed E-state index contributed by atoms with van der Waals surface area (Å²) < 4.78 is 18.9. The van der Waals surface area contributed by atoms with Crippen LogP contribution in [-0.4, -0.2) is 40.2 Å². The summed E-state index contributed by atoms with van der Waals surface area (Å²) in [6.45, 7) is 2.88. The monoisotopic (exact) mass is 289 g/mol. The Morgan fingerprint density at radius 3 is 2.76 bits per heavy atom. The lowest BCUT2D eigenvalue weighted by Gasteiger charge is -2.36. The average molecular weight is 289 g/mol. The van der Waals surface area contributed by atoms with Gasteiger partial charge in [0, 0.05) is 12.7 Å². The van der Waals surface area contributed by atoms with Crippen molar-refractivity contribution in [1.29, 1.82) is 0 Å². The Bertz CT molecular complexity index is 612. The van der Waals surface area contributed by atoms with Crippen LogP contribution in [0.4, 0.5) is 4.39 Å². The van der Waals surface area contributed by atoms with E-state index in [9.17, 15) is 9.18 Å². The van der Waals surface area contributed by atoms with Crippen LogP contribution in [0, 0.1) is 5.82 Å². The second-order valence-electron chi connectivity index (χ2n) is 5.17. The van der Waals surface area contributed by atoms with Crippen LogP contribution >= 0.6 is 0 Å². The Labute approximate surface area is 121 Å². The molecule has 6 heteroatoms. The van der Waals surface area contributed by atoms with Crippen molar-refractivity contribution in [3.8, 4) is 0 Å².